The van der Waals surface area contributed by atoms with Gasteiger partial charge in [0, 0.05) is 18.0 Å². The lowest BCUT2D eigenvalue weighted by Crippen LogP contribution is -2.11. The molecule has 0 saturated carbocycles. The Hall–Kier alpha value is -2.09. The Kier molecular flexibility index (Phi) is 4.17. The van der Waals surface area contributed by atoms with Crippen molar-refractivity contribution in [1.82, 2.24) is 9.78 Å². The minimum Gasteiger partial charge on any atom is -0.298 e. The molecule has 0 saturated heterocycles. The largest absolute Gasteiger partial charge is 0.298 e. The summed E-state index contributed by atoms with van der Waals surface area (Å²) in [6, 6.07) is 3.56. The zero-order valence-electron chi connectivity index (χ0n) is 11.1. The average Bonchev–Trinajstić information content (AvgIpc) is 2.82. The van der Waals surface area contributed by atoms with Crippen LogP contribution in [0.3, 0.4) is 0 Å². The van der Waals surface area contributed by atoms with Crippen LogP contribution in [0.1, 0.15) is 10.4 Å². The van der Waals surface area contributed by atoms with Crippen LogP contribution in [-0.2, 0) is 16.4 Å². The van der Waals surface area contributed by atoms with E-state index in [1.54, 1.807) is 0 Å². The van der Waals surface area contributed by atoms with Crippen molar-refractivity contribution < 1.29 is 22.0 Å². The quantitative estimate of drug-likeness (QED) is 0.788. The van der Waals surface area contributed by atoms with Gasteiger partial charge in [0.2, 0.25) is 0 Å². The van der Waals surface area contributed by atoms with E-state index in [1.807, 2.05) is 0 Å². The zero-order valence-corrected chi connectivity index (χ0v) is 11.9. The number of nitrogens with zero attached hydrogens (tertiary/aromatic N) is 2. The number of hydrogen-bond acceptors (Lipinski definition) is 4. The van der Waals surface area contributed by atoms with E-state index in [0.29, 0.717) is 6.29 Å². The van der Waals surface area contributed by atoms with E-state index >= 15 is 0 Å². The number of carbonyl (C=O) groups excluding carboxylic acids is 1. The number of aryl methyl sites for hydroxylation is 1. The zero-order chi connectivity index (χ0) is 15.6. The molecule has 2 rings (SSSR count). The monoisotopic (exact) mass is 314 g/mol. The highest BCUT2D eigenvalue weighted by Crippen LogP contribution is 2.25. The van der Waals surface area contributed by atoms with E-state index in [2.05, 4.69) is 5.10 Å². The molecular formula is C13H12F2N2O3S. The summed E-state index contributed by atoms with van der Waals surface area (Å²) in [6.07, 6.45) is 2.84. The first kappa shape index (κ1) is 15.3. The van der Waals surface area contributed by atoms with Crippen molar-refractivity contribution in [1.29, 1.82) is 0 Å². The van der Waals surface area contributed by atoms with Gasteiger partial charge in [-0.1, -0.05) is 6.07 Å². The number of carbonyl (C=O) groups is 1. The van der Waals surface area contributed by atoms with Gasteiger partial charge in [-0.15, -0.1) is 0 Å². The van der Waals surface area contributed by atoms with E-state index in [0.717, 1.165) is 12.3 Å². The molecule has 21 heavy (non-hydrogen) atoms. The van der Waals surface area contributed by atoms with E-state index in [1.165, 1.54) is 23.0 Å². The molecule has 5 nitrogen and oxygen atoms in total. The smallest absolute Gasteiger partial charge is 0.168 e. The lowest BCUT2D eigenvalue weighted by atomic mass is 10.1. The Bertz CT molecular complexity index is 785. The molecule has 0 aliphatic carbocycles. The molecule has 0 amide bonds. The maximum Gasteiger partial charge on any atom is 0.168 e. The third-order valence-corrected chi connectivity index (χ3v) is 3.74. The molecule has 1 heterocycles. The predicted octanol–water partition coefficient (Wildman–Crippen LogP) is 1.69. The van der Waals surface area contributed by atoms with E-state index in [9.17, 15) is 22.0 Å². The molecule has 0 atom stereocenters. The van der Waals surface area contributed by atoms with Gasteiger partial charge < -0.3 is 0 Å². The van der Waals surface area contributed by atoms with Crippen LogP contribution in [0, 0.1) is 11.6 Å². The number of hydrogen-bond donors (Lipinski definition) is 0. The van der Waals surface area contributed by atoms with Crippen LogP contribution in [0.25, 0.3) is 11.3 Å². The minimum atomic E-state index is -3.20. The molecule has 1 aromatic carbocycles. The van der Waals surface area contributed by atoms with E-state index < -0.39 is 21.5 Å². The molecule has 0 bridgehead atoms. The first-order chi connectivity index (χ1) is 9.81. The third-order valence-electron chi connectivity index (χ3n) is 2.81. The number of aromatic nitrogens is 2. The van der Waals surface area contributed by atoms with Crippen molar-refractivity contribution in [2.24, 2.45) is 0 Å². The van der Waals surface area contributed by atoms with Crippen LogP contribution in [-0.4, -0.2) is 36.5 Å². The van der Waals surface area contributed by atoms with Crippen molar-refractivity contribution in [2.45, 2.75) is 6.54 Å². The highest BCUT2D eigenvalue weighted by atomic mass is 32.2. The summed E-state index contributed by atoms with van der Waals surface area (Å²) >= 11 is 0. The highest BCUT2D eigenvalue weighted by molar-refractivity contribution is 7.90. The Morgan fingerprint density at radius 3 is 2.67 bits per heavy atom. The van der Waals surface area contributed by atoms with Gasteiger partial charge in [0.1, 0.15) is 15.5 Å². The molecule has 0 spiro atoms. The van der Waals surface area contributed by atoms with Gasteiger partial charge in [-0.05, 0) is 12.1 Å². The summed E-state index contributed by atoms with van der Waals surface area (Å²) in [6.45, 7) is 0.0244. The molecule has 2 aromatic rings. The molecule has 112 valence electrons. The van der Waals surface area contributed by atoms with Crippen LogP contribution >= 0.6 is 0 Å². The van der Waals surface area contributed by atoms with E-state index in [4.69, 9.17) is 0 Å². The lowest BCUT2D eigenvalue weighted by Gasteiger charge is -2.02. The number of benzene rings is 1. The Morgan fingerprint density at radius 2 is 2.05 bits per heavy atom. The van der Waals surface area contributed by atoms with Crippen molar-refractivity contribution >= 4 is 16.1 Å². The number of rotatable bonds is 5. The van der Waals surface area contributed by atoms with Crippen molar-refractivity contribution in [3.05, 3.63) is 41.6 Å². The fraction of sp³-hybridized carbons (Fsp3) is 0.231. The maximum atomic E-state index is 13.8. The van der Waals surface area contributed by atoms with Gasteiger partial charge in [0.05, 0.1) is 17.9 Å². The summed E-state index contributed by atoms with van der Waals surface area (Å²) < 4.78 is 50.4. The van der Waals surface area contributed by atoms with Gasteiger partial charge in [0.15, 0.2) is 17.9 Å². The molecule has 0 N–H and O–H groups in total. The molecule has 8 heteroatoms. The molecule has 0 fully saturated rings. The van der Waals surface area contributed by atoms with Gasteiger partial charge >= 0.3 is 0 Å². The topological polar surface area (TPSA) is 69.0 Å². The fourth-order valence-corrected chi connectivity index (χ4v) is 2.31. The first-order valence-electron chi connectivity index (χ1n) is 5.96. The number of aldehydes is 1. The second-order valence-electron chi connectivity index (χ2n) is 4.55. The predicted molar refractivity (Wildman–Crippen MR) is 72.7 cm³/mol. The van der Waals surface area contributed by atoms with Gasteiger partial charge in [0.25, 0.3) is 0 Å². The van der Waals surface area contributed by atoms with E-state index in [-0.39, 0.29) is 29.1 Å². The van der Waals surface area contributed by atoms with Gasteiger partial charge in [-0.3, -0.25) is 9.48 Å². The molecular weight excluding hydrogens is 302 g/mol. The van der Waals surface area contributed by atoms with Crippen molar-refractivity contribution in [3.8, 4) is 11.3 Å². The Labute approximate surface area is 120 Å². The molecule has 1 aromatic heterocycles. The van der Waals surface area contributed by atoms with Gasteiger partial charge in [-0.25, -0.2) is 17.2 Å². The molecule has 0 aliphatic rings. The summed E-state index contributed by atoms with van der Waals surface area (Å²) in [5.74, 6) is -2.32. The summed E-state index contributed by atoms with van der Waals surface area (Å²) in [7, 11) is -3.20. The summed E-state index contributed by atoms with van der Waals surface area (Å²) in [5, 5.41) is 3.97. The normalized spacial score (nSPS) is 11.6. The molecule has 0 aliphatic heterocycles. The van der Waals surface area contributed by atoms with Crippen molar-refractivity contribution in [2.75, 3.05) is 12.0 Å². The first-order valence-corrected chi connectivity index (χ1v) is 8.02. The summed E-state index contributed by atoms with van der Waals surface area (Å²) in [5.41, 5.74) is -0.0984. The maximum absolute atomic E-state index is 13.8. The SMILES string of the molecule is CS(=O)(=O)CCn1cc(C=O)c(-c2cccc(F)c2F)n1. The Morgan fingerprint density at radius 1 is 1.33 bits per heavy atom. The molecule has 0 unspecified atom stereocenters. The van der Waals surface area contributed by atoms with Crippen LogP contribution in [0.4, 0.5) is 8.78 Å². The average molecular weight is 314 g/mol. The number of sulfone groups is 1. The van der Waals surface area contributed by atoms with Crippen LogP contribution in [0.5, 0.6) is 0 Å². The third kappa shape index (κ3) is 3.52. The van der Waals surface area contributed by atoms with Gasteiger partial charge in [-0.2, -0.15) is 5.10 Å². The van der Waals surface area contributed by atoms with Crippen LogP contribution < -0.4 is 0 Å². The fourth-order valence-electron chi connectivity index (χ4n) is 1.79. The second-order valence-corrected chi connectivity index (χ2v) is 6.80. The highest BCUT2D eigenvalue weighted by Gasteiger charge is 2.17. The number of halogens is 2. The lowest BCUT2D eigenvalue weighted by molar-refractivity contribution is 0.112. The molecule has 0 radical (unpaired) electrons. The van der Waals surface area contributed by atoms with Crippen LogP contribution in [0.2, 0.25) is 0 Å². The van der Waals surface area contributed by atoms with Crippen LogP contribution in [0.15, 0.2) is 24.4 Å². The standard InChI is InChI=1S/C13H12F2N2O3S/c1-21(19,20)6-5-17-7-9(8-18)13(16-17)10-3-2-4-11(14)12(10)15/h2-4,7-8H,5-6H2,1H3. The van der Waals surface area contributed by atoms with Crippen molar-refractivity contribution in [3.63, 3.8) is 0 Å². The second kappa shape index (κ2) is 5.72. The summed E-state index contributed by atoms with van der Waals surface area (Å²) in [4.78, 5) is 11.0. The Balaban J connectivity index is 2.42. The minimum absolute atomic E-state index is 0.0181.